The summed E-state index contributed by atoms with van der Waals surface area (Å²) >= 11 is 6.22. The number of hydrazine groups is 1. The van der Waals surface area contributed by atoms with Crippen molar-refractivity contribution in [2.45, 2.75) is 6.42 Å². The maximum atomic E-state index is 13.0. The highest BCUT2D eigenvalue weighted by Crippen LogP contribution is 2.34. The number of amides is 3. The van der Waals surface area contributed by atoms with Gasteiger partial charge in [-0.1, -0.05) is 30.0 Å². The number of thiocarbonyl (C=S) groups is 1. The van der Waals surface area contributed by atoms with Crippen molar-refractivity contribution >= 4 is 63.5 Å². The third kappa shape index (κ3) is 7.83. The number of carbonyl (C=O) groups is 3. The number of nitrogens with zero attached hydrogens (tertiary/aromatic N) is 3. The Bertz CT molecular complexity index is 1300. The average molecular weight is 572 g/mol. The van der Waals surface area contributed by atoms with E-state index in [0.29, 0.717) is 25.4 Å². The van der Waals surface area contributed by atoms with Gasteiger partial charge in [-0.05, 0) is 36.5 Å². The van der Waals surface area contributed by atoms with E-state index in [1.807, 2.05) is 6.07 Å². The van der Waals surface area contributed by atoms with Crippen LogP contribution in [0, 0.1) is 10.1 Å². The van der Waals surface area contributed by atoms with Gasteiger partial charge in [0.05, 0.1) is 23.0 Å². The average Bonchev–Trinajstić information content (AvgIpc) is 3.19. The summed E-state index contributed by atoms with van der Waals surface area (Å²) in [6.45, 7) is 2.85. The third-order valence-corrected chi connectivity index (χ3v) is 7.00. The summed E-state index contributed by atoms with van der Waals surface area (Å²) in [4.78, 5) is 50.8. The van der Waals surface area contributed by atoms with Crippen LogP contribution < -0.4 is 15.5 Å². The van der Waals surface area contributed by atoms with Crippen molar-refractivity contribution in [2.75, 3.05) is 44.8 Å². The summed E-state index contributed by atoms with van der Waals surface area (Å²) in [5.74, 6) is -1.23. The van der Waals surface area contributed by atoms with E-state index < -0.39 is 16.7 Å². The van der Waals surface area contributed by atoms with Crippen molar-refractivity contribution in [1.29, 1.82) is 0 Å². The van der Waals surface area contributed by atoms with Crippen LogP contribution in [0.25, 0.3) is 6.08 Å². The quantitative estimate of drug-likeness (QED) is 0.189. The van der Waals surface area contributed by atoms with E-state index in [1.165, 1.54) is 24.3 Å². The van der Waals surface area contributed by atoms with Gasteiger partial charge in [0.15, 0.2) is 10.9 Å². The molecule has 0 aliphatic carbocycles. The topological polar surface area (TPSA) is 143 Å². The second-order valence-electron chi connectivity index (χ2n) is 8.44. The molecule has 0 bridgehead atoms. The largest absolute Gasteiger partial charge is 0.483 e. The van der Waals surface area contributed by atoms with E-state index in [9.17, 15) is 24.5 Å². The maximum absolute atomic E-state index is 13.0. The summed E-state index contributed by atoms with van der Waals surface area (Å²) in [6, 6.07) is 12.6. The number of nitro benzene ring substituents is 1. The van der Waals surface area contributed by atoms with Crippen molar-refractivity contribution in [3.8, 4) is 5.75 Å². The first kappa shape index (κ1) is 28.2. The second kappa shape index (κ2) is 13.3. The van der Waals surface area contributed by atoms with Gasteiger partial charge in [-0.2, -0.15) is 5.01 Å². The molecule has 0 spiro atoms. The van der Waals surface area contributed by atoms with Crippen LogP contribution in [0.5, 0.6) is 5.75 Å². The molecular weight excluding hydrogens is 546 g/mol. The van der Waals surface area contributed by atoms with Gasteiger partial charge in [0.1, 0.15) is 5.75 Å². The zero-order valence-corrected chi connectivity index (χ0v) is 22.3. The van der Waals surface area contributed by atoms with Crippen LogP contribution in [-0.2, 0) is 19.1 Å². The number of morpholine rings is 1. The first-order chi connectivity index (χ1) is 18.8. The predicted octanol–water partition coefficient (Wildman–Crippen LogP) is 2.57. The Kier molecular flexibility index (Phi) is 9.59. The third-order valence-electron chi connectivity index (χ3n) is 5.70. The first-order valence-electron chi connectivity index (χ1n) is 11.9. The Labute approximate surface area is 233 Å². The lowest BCUT2D eigenvalue weighted by Crippen LogP contribution is -2.46. The summed E-state index contributed by atoms with van der Waals surface area (Å²) in [5, 5.41) is 15.0. The fraction of sp³-hybridized carbons (Fsp3) is 0.280. The molecule has 2 heterocycles. The summed E-state index contributed by atoms with van der Waals surface area (Å²) in [6.07, 6.45) is 1.56. The number of carbonyl (C=O) groups excluding carboxylic acids is 3. The van der Waals surface area contributed by atoms with Crippen LogP contribution in [-0.4, -0.2) is 76.3 Å². The predicted molar refractivity (Wildman–Crippen MR) is 149 cm³/mol. The first-order valence-corrected chi connectivity index (χ1v) is 13.2. The molecule has 0 aromatic heterocycles. The number of benzene rings is 2. The van der Waals surface area contributed by atoms with Crippen LogP contribution >= 0.6 is 24.0 Å². The summed E-state index contributed by atoms with van der Waals surface area (Å²) in [5.41, 5.74) is 3.10. The van der Waals surface area contributed by atoms with Gasteiger partial charge in [-0.25, -0.2) is 0 Å². The molecule has 3 amide bonds. The van der Waals surface area contributed by atoms with Crippen LogP contribution in [0.4, 0.5) is 11.4 Å². The number of hydrogen-bond acceptors (Lipinski definition) is 10. The highest BCUT2D eigenvalue weighted by Gasteiger charge is 2.34. The molecule has 0 unspecified atom stereocenters. The molecule has 2 N–H and O–H groups in total. The monoisotopic (exact) mass is 571 g/mol. The van der Waals surface area contributed by atoms with E-state index in [4.69, 9.17) is 21.7 Å². The lowest BCUT2D eigenvalue weighted by atomic mass is 10.1. The Morgan fingerprint density at radius 2 is 1.90 bits per heavy atom. The number of para-hydroxylation sites is 1. The fourth-order valence-electron chi connectivity index (χ4n) is 3.73. The number of anilines is 1. The van der Waals surface area contributed by atoms with E-state index in [1.54, 1.807) is 24.3 Å². The molecule has 14 heteroatoms. The molecule has 0 atom stereocenters. The number of non-ortho nitro benzene ring substituents is 1. The standard InChI is InChI=1S/C25H25N5O7S2/c31-22(8-9-28-10-12-36-13-11-28)27-29-24(33)21(39-25(29)38)15-17-14-19(30(34)35)6-7-20(17)37-16-23(32)26-18-4-2-1-3-5-18/h1-7,14-15H,8-13,16H2,(H,26,32)(H,27,31). The highest BCUT2D eigenvalue weighted by atomic mass is 32.2. The molecule has 2 aromatic carbocycles. The lowest BCUT2D eigenvalue weighted by Gasteiger charge is -2.26. The lowest BCUT2D eigenvalue weighted by molar-refractivity contribution is -0.384. The zero-order valence-electron chi connectivity index (χ0n) is 20.7. The fourth-order valence-corrected chi connectivity index (χ4v) is 4.90. The highest BCUT2D eigenvalue weighted by molar-refractivity contribution is 8.26. The van der Waals surface area contributed by atoms with Gasteiger partial charge < -0.3 is 14.8 Å². The van der Waals surface area contributed by atoms with Gasteiger partial charge in [-0.15, -0.1) is 0 Å². The molecule has 0 saturated carbocycles. The Balaban J connectivity index is 1.43. The van der Waals surface area contributed by atoms with E-state index in [-0.39, 0.29) is 45.2 Å². The Morgan fingerprint density at radius 1 is 1.15 bits per heavy atom. The number of thioether (sulfide) groups is 1. The normalized spacial score (nSPS) is 16.8. The maximum Gasteiger partial charge on any atom is 0.285 e. The summed E-state index contributed by atoms with van der Waals surface area (Å²) in [7, 11) is 0. The van der Waals surface area contributed by atoms with Crippen molar-refractivity contribution in [3.63, 3.8) is 0 Å². The van der Waals surface area contributed by atoms with Gasteiger partial charge in [-0.3, -0.25) is 34.8 Å². The Hall–Kier alpha value is -3.85. The molecule has 2 aliphatic heterocycles. The van der Waals surface area contributed by atoms with E-state index in [2.05, 4.69) is 15.6 Å². The molecule has 39 heavy (non-hydrogen) atoms. The van der Waals surface area contributed by atoms with Gasteiger partial charge in [0, 0.05) is 49.4 Å². The summed E-state index contributed by atoms with van der Waals surface area (Å²) < 4.78 is 11.0. The van der Waals surface area contributed by atoms with Gasteiger partial charge in [0.2, 0.25) is 5.91 Å². The number of hydrogen-bond donors (Lipinski definition) is 2. The van der Waals surface area contributed by atoms with E-state index >= 15 is 0 Å². The minimum atomic E-state index is -0.580. The van der Waals surface area contributed by atoms with Crippen molar-refractivity contribution < 1.29 is 28.8 Å². The smallest absolute Gasteiger partial charge is 0.285 e. The molecular formula is C25H25N5O7S2. The number of nitro groups is 1. The van der Waals surface area contributed by atoms with Crippen molar-refractivity contribution in [2.24, 2.45) is 0 Å². The minimum absolute atomic E-state index is 0.112. The number of ether oxygens (including phenoxy) is 2. The van der Waals surface area contributed by atoms with Gasteiger partial charge >= 0.3 is 0 Å². The second-order valence-corrected chi connectivity index (χ2v) is 10.1. The number of rotatable bonds is 10. The molecule has 2 aromatic rings. The van der Waals surface area contributed by atoms with E-state index in [0.717, 1.165) is 29.9 Å². The number of nitrogens with one attached hydrogen (secondary N) is 2. The zero-order chi connectivity index (χ0) is 27.8. The molecule has 2 fully saturated rings. The van der Waals surface area contributed by atoms with Crippen molar-refractivity contribution in [1.82, 2.24) is 15.3 Å². The molecule has 0 radical (unpaired) electrons. The Morgan fingerprint density at radius 3 is 2.62 bits per heavy atom. The molecule has 2 aliphatic rings. The molecule has 12 nitrogen and oxygen atoms in total. The minimum Gasteiger partial charge on any atom is -0.483 e. The van der Waals surface area contributed by atoms with Crippen LogP contribution in [0.3, 0.4) is 0 Å². The SMILES string of the molecule is O=C(COc1ccc([N+](=O)[O-])cc1C=C1SC(=S)N(NC(=O)CCN2CCOCC2)C1=O)Nc1ccccc1. The molecule has 204 valence electrons. The van der Waals surface area contributed by atoms with Crippen molar-refractivity contribution in [3.05, 3.63) is 69.1 Å². The van der Waals surface area contributed by atoms with Crippen LogP contribution in [0.15, 0.2) is 53.4 Å². The molecule has 4 rings (SSSR count). The molecule has 2 saturated heterocycles. The van der Waals surface area contributed by atoms with Crippen LogP contribution in [0.2, 0.25) is 0 Å². The van der Waals surface area contributed by atoms with Gasteiger partial charge in [0.25, 0.3) is 17.5 Å². The van der Waals surface area contributed by atoms with Crippen LogP contribution in [0.1, 0.15) is 12.0 Å².